The van der Waals surface area contributed by atoms with Crippen LogP contribution in [0.5, 0.6) is 11.5 Å². The van der Waals surface area contributed by atoms with Crippen LogP contribution in [0, 0.1) is 5.82 Å². The van der Waals surface area contributed by atoms with Gasteiger partial charge in [-0.1, -0.05) is 15.9 Å². The summed E-state index contributed by atoms with van der Waals surface area (Å²) in [6, 6.07) is 8.90. The molecule has 1 amide bonds. The lowest BCUT2D eigenvalue weighted by Gasteiger charge is -2.15. The molecule has 21 heavy (non-hydrogen) atoms. The number of carbonyl (C=O) groups is 1. The van der Waals surface area contributed by atoms with Gasteiger partial charge in [-0.05, 0) is 24.3 Å². The molecule has 0 heterocycles. The van der Waals surface area contributed by atoms with Gasteiger partial charge in [-0.3, -0.25) is 4.79 Å². The topological polar surface area (TPSA) is 55.6 Å². The van der Waals surface area contributed by atoms with Crippen LogP contribution < -0.4 is 10.5 Å². The zero-order valence-electron chi connectivity index (χ0n) is 11.6. The average Bonchev–Trinajstić information content (AvgIpc) is 2.36. The van der Waals surface area contributed by atoms with Gasteiger partial charge in [0, 0.05) is 36.4 Å². The Balaban J connectivity index is 2.43. The highest BCUT2D eigenvalue weighted by molar-refractivity contribution is 9.10. The molecule has 0 aliphatic rings. The molecule has 0 aromatic heterocycles. The van der Waals surface area contributed by atoms with E-state index in [-0.39, 0.29) is 17.4 Å². The lowest BCUT2D eigenvalue weighted by atomic mass is 10.1. The largest absolute Gasteiger partial charge is 0.456 e. The number of amides is 1. The van der Waals surface area contributed by atoms with E-state index in [1.165, 1.54) is 23.1 Å². The van der Waals surface area contributed by atoms with Crippen LogP contribution in [0.1, 0.15) is 10.4 Å². The van der Waals surface area contributed by atoms with Crippen molar-refractivity contribution in [2.45, 2.75) is 0 Å². The summed E-state index contributed by atoms with van der Waals surface area (Å²) >= 11 is 3.19. The summed E-state index contributed by atoms with van der Waals surface area (Å²) in [4.78, 5) is 13.6. The molecule has 0 atom stereocenters. The van der Waals surface area contributed by atoms with Crippen LogP contribution in [0.25, 0.3) is 0 Å². The third kappa shape index (κ3) is 3.72. The van der Waals surface area contributed by atoms with Crippen molar-refractivity contribution >= 4 is 27.5 Å². The minimum absolute atomic E-state index is 0.222. The quantitative estimate of drug-likeness (QED) is 0.857. The zero-order chi connectivity index (χ0) is 15.6. The molecule has 2 aromatic carbocycles. The number of halogens is 2. The van der Waals surface area contributed by atoms with E-state index in [9.17, 15) is 9.18 Å². The van der Waals surface area contributed by atoms with Crippen molar-refractivity contribution in [3.05, 3.63) is 52.3 Å². The Kier molecular flexibility index (Phi) is 4.47. The molecule has 0 fully saturated rings. The molecule has 0 radical (unpaired) electrons. The third-order valence-electron chi connectivity index (χ3n) is 2.71. The predicted octanol–water partition coefficient (Wildman–Crippen LogP) is 3.66. The molecule has 110 valence electrons. The van der Waals surface area contributed by atoms with Crippen LogP contribution in [0.3, 0.4) is 0 Å². The molecule has 0 unspecified atom stereocenters. The van der Waals surface area contributed by atoms with Gasteiger partial charge in [0.25, 0.3) is 5.91 Å². The SMILES string of the molecule is CN(C)C(=O)c1ccc(N)cc1Oc1cc(F)cc(Br)c1. The van der Waals surface area contributed by atoms with Crippen LogP contribution >= 0.6 is 15.9 Å². The fraction of sp³-hybridized carbons (Fsp3) is 0.133. The normalized spacial score (nSPS) is 10.3. The van der Waals surface area contributed by atoms with Gasteiger partial charge in [0.15, 0.2) is 0 Å². The molecule has 2 N–H and O–H groups in total. The third-order valence-corrected chi connectivity index (χ3v) is 3.16. The number of hydrogen-bond acceptors (Lipinski definition) is 3. The lowest BCUT2D eigenvalue weighted by molar-refractivity contribution is 0.0825. The summed E-state index contributed by atoms with van der Waals surface area (Å²) in [5.74, 6) is -0.101. The molecule has 0 bridgehead atoms. The number of nitrogen functional groups attached to an aromatic ring is 1. The molecule has 4 nitrogen and oxygen atoms in total. The van der Waals surface area contributed by atoms with E-state index >= 15 is 0 Å². The summed E-state index contributed by atoms with van der Waals surface area (Å²) in [5, 5.41) is 0. The van der Waals surface area contributed by atoms with Crippen molar-refractivity contribution in [2.75, 3.05) is 19.8 Å². The van der Waals surface area contributed by atoms with Crippen LogP contribution in [-0.4, -0.2) is 24.9 Å². The number of nitrogens with zero attached hydrogens (tertiary/aromatic N) is 1. The van der Waals surface area contributed by atoms with Gasteiger partial charge in [-0.2, -0.15) is 0 Å². The monoisotopic (exact) mass is 352 g/mol. The van der Waals surface area contributed by atoms with Gasteiger partial charge in [-0.25, -0.2) is 4.39 Å². The van der Waals surface area contributed by atoms with Crippen LogP contribution in [-0.2, 0) is 0 Å². The summed E-state index contributed by atoms with van der Waals surface area (Å²) in [6.07, 6.45) is 0. The minimum atomic E-state index is -0.441. The zero-order valence-corrected chi connectivity index (χ0v) is 13.1. The number of nitrogens with two attached hydrogens (primary N) is 1. The second kappa shape index (κ2) is 6.13. The van der Waals surface area contributed by atoms with Crippen molar-refractivity contribution in [1.29, 1.82) is 0 Å². The van der Waals surface area contributed by atoms with Gasteiger partial charge in [-0.15, -0.1) is 0 Å². The minimum Gasteiger partial charge on any atom is -0.456 e. The van der Waals surface area contributed by atoms with Gasteiger partial charge in [0.1, 0.15) is 17.3 Å². The number of anilines is 1. The fourth-order valence-corrected chi connectivity index (χ4v) is 2.20. The maximum absolute atomic E-state index is 13.4. The second-order valence-corrected chi connectivity index (χ2v) is 5.58. The Bertz CT molecular complexity index is 669. The van der Waals surface area contributed by atoms with Crippen molar-refractivity contribution < 1.29 is 13.9 Å². The molecular formula is C15H14BrFN2O2. The highest BCUT2D eigenvalue weighted by atomic mass is 79.9. The van der Waals surface area contributed by atoms with E-state index < -0.39 is 5.82 Å². The summed E-state index contributed by atoms with van der Waals surface area (Å²) in [7, 11) is 3.28. The first-order valence-corrected chi connectivity index (χ1v) is 6.91. The van der Waals surface area contributed by atoms with Crippen LogP contribution in [0.15, 0.2) is 40.9 Å². The predicted molar refractivity (Wildman–Crippen MR) is 83.0 cm³/mol. The fourth-order valence-electron chi connectivity index (χ4n) is 1.76. The number of rotatable bonds is 3. The molecule has 2 rings (SSSR count). The van der Waals surface area contributed by atoms with Crippen molar-refractivity contribution in [3.63, 3.8) is 0 Å². The first-order chi connectivity index (χ1) is 9.86. The van der Waals surface area contributed by atoms with Crippen LogP contribution in [0.2, 0.25) is 0 Å². The van der Waals surface area contributed by atoms with Gasteiger partial charge in [0.05, 0.1) is 5.56 Å². The summed E-state index contributed by atoms with van der Waals surface area (Å²) in [5.41, 5.74) is 6.54. The Hall–Kier alpha value is -2.08. The van der Waals surface area contributed by atoms with E-state index in [4.69, 9.17) is 10.5 Å². The Morgan fingerprint density at radius 3 is 2.57 bits per heavy atom. The van der Waals surface area contributed by atoms with Crippen molar-refractivity contribution in [2.24, 2.45) is 0 Å². The number of benzene rings is 2. The molecular weight excluding hydrogens is 339 g/mol. The maximum Gasteiger partial charge on any atom is 0.257 e. The second-order valence-electron chi connectivity index (χ2n) is 4.66. The summed E-state index contributed by atoms with van der Waals surface area (Å²) < 4.78 is 19.6. The number of carbonyl (C=O) groups excluding carboxylic acids is 1. The lowest BCUT2D eigenvalue weighted by Crippen LogP contribution is -2.22. The van der Waals surface area contributed by atoms with Crippen molar-refractivity contribution in [3.8, 4) is 11.5 Å². The highest BCUT2D eigenvalue weighted by Gasteiger charge is 2.16. The highest BCUT2D eigenvalue weighted by Crippen LogP contribution is 2.30. The Morgan fingerprint density at radius 2 is 1.95 bits per heavy atom. The van der Waals surface area contributed by atoms with E-state index in [0.717, 1.165) is 0 Å². The first kappa shape index (κ1) is 15.3. The molecule has 0 aliphatic heterocycles. The van der Waals surface area contributed by atoms with Gasteiger partial charge < -0.3 is 15.4 Å². The van der Waals surface area contributed by atoms with Crippen LogP contribution in [0.4, 0.5) is 10.1 Å². The Morgan fingerprint density at radius 1 is 1.24 bits per heavy atom. The van der Waals surface area contributed by atoms with E-state index in [0.29, 0.717) is 15.7 Å². The van der Waals surface area contributed by atoms with E-state index in [1.807, 2.05) is 0 Å². The molecule has 0 saturated heterocycles. The standard InChI is InChI=1S/C15H14BrFN2O2/c1-19(2)15(20)13-4-3-11(18)8-14(13)21-12-6-9(16)5-10(17)7-12/h3-8H,18H2,1-2H3. The number of ether oxygens (including phenoxy) is 1. The van der Waals surface area contributed by atoms with Gasteiger partial charge >= 0.3 is 0 Å². The first-order valence-electron chi connectivity index (χ1n) is 6.12. The molecule has 2 aromatic rings. The molecule has 0 aliphatic carbocycles. The molecule has 6 heteroatoms. The van der Waals surface area contributed by atoms with E-state index in [1.54, 1.807) is 32.3 Å². The maximum atomic E-state index is 13.4. The van der Waals surface area contributed by atoms with Crippen molar-refractivity contribution in [1.82, 2.24) is 4.90 Å². The van der Waals surface area contributed by atoms with Gasteiger partial charge in [0.2, 0.25) is 0 Å². The number of hydrogen-bond donors (Lipinski definition) is 1. The smallest absolute Gasteiger partial charge is 0.257 e. The molecule has 0 spiro atoms. The van der Waals surface area contributed by atoms with E-state index in [2.05, 4.69) is 15.9 Å². The Labute approximate surface area is 130 Å². The summed E-state index contributed by atoms with van der Waals surface area (Å²) in [6.45, 7) is 0. The molecule has 0 saturated carbocycles. The average molecular weight is 353 g/mol.